The average molecular weight is 406 g/mol. The van der Waals surface area contributed by atoms with E-state index in [0.29, 0.717) is 21.3 Å². The molecule has 3 rings (SSSR count). The van der Waals surface area contributed by atoms with Crippen LogP contribution < -0.4 is 5.32 Å². The summed E-state index contributed by atoms with van der Waals surface area (Å²) < 4.78 is 6.57. The molecule has 1 amide bonds. The van der Waals surface area contributed by atoms with Crippen LogP contribution in [-0.4, -0.2) is 32.1 Å². The topological polar surface area (TPSA) is 99.0 Å². The van der Waals surface area contributed by atoms with E-state index in [2.05, 4.69) is 20.8 Å². The van der Waals surface area contributed by atoms with Crippen molar-refractivity contribution in [3.63, 3.8) is 0 Å². The van der Waals surface area contributed by atoms with Crippen LogP contribution >= 0.6 is 23.2 Å². The van der Waals surface area contributed by atoms with Crippen LogP contribution in [0.1, 0.15) is 15.9 Å². The van der Waals surface area contributed by atoms with E-state index in [0.717, 1.165) is 0 Å². The minimum absolute atomic E-state index is 0.0260. The number of amides is 1. The minimum Gasteiger partial charge on any atom is -0.457 e. The first-order valence-electron chi connectivity index (χ1n) is 7.73. The molecule has 0 fully saturated rings. The highest BCUT2D eigenvalue weighted by Gasteiger charge is 2.15. The molecule has 1 N–H and O–H groups in total. The fourth-order valence-electron chi connectivity index (χ4n) is 2.22. The Bertz CT molecular complexity index is 963. The maximum atomic E-state index is 12.4. The largest absolute Gasteiger partial charge is 0.457 e. The van der Waals surface area contributed by atoms with E-state index in [-0.39, 0.29) is 24.6 Å². The predicted octanol–water partition coefficient (Wildman–Crippen LogP) is 2.98. The maximum Gasteiger partial charge on any atom is 0.340 e. The third kappa shape index (κ3) is 5.02. The van der Waals surface area contributed by atoms with Crippen molar-refractivity contribution in [3.05, 3.63) is 70.0 Å². The average Bonchev–Trinajstić information content (AvgIpc) is 3.14. The fourth-order valence-corrected chi connectivity index (χ4v) is 2.68. The number of hydrogen-bond acceptors (Lipinski definition) is 6. The lowest BCUT2D eigenvalue weighted by Gasteiger charge is -2.11. The zero-order chi connectivity index (χ0) is 19.2. The molecule has 0 spiro atoms. The van der Waals surface area contributed by atoms with Crippen LogP contribution in [-0.2, 0) is 22.7 Å². The summed E-state index contributed by atoms with van der Waals surface area (Å²) in [5.41, 5.74) is 1.16. The first-order chi connectivity index (χ1) is 13.0. The minimum atomic E-state index is -0.598. The molecule has 0 atom stereocenters. The molecule has 10 heteroatoms. The number of anilines is 1. The van der Waals surface area contributed by atoms with Gasteiger partial charge in [0, 0.05) is 15.6 Å². The summed E-state index contributed by atoms with van der Waals surface area (Å²) in [6.07, 6.45) is 1.32. The second-order valence-electron chi connectivity index (χ2n) is 5.41. The van der Waals surface area contributed by atoms with Gasteiger partial charge < -0.3 is 10.1 Å². The van der Waals surface area contributed by atoms with Crippen molar-refractivity contribution in [2.24, 2.45) is 0 Å². The van der Waals surface area contributed by atoms with Gasteiger partial charge in [-0.3, -0.25) is 4.79 Å². The zero-order valence-electron chi connectivity index (χ0n) is 13.8. The van der Waals surface area contributed by atoms with Crippen LogP contribution in [0.3, 0.4) is 0 Å². The van der Waals surface area contributed by atoms with Crippen LogP contribution in [0.2, 0.25) is 10.0 Å². The van der Waals surface area contributed by atoms with Crippen molar-refractivity contribution in [1.29, 1.82) is 0 Å². The Kier molecular flexibility index (Phi) is 6.00. The molecule has 0 saturated heterocycles. The van der Waals surface area contributed by atoms with Gasteiger partial charge in [-0.15, -0.1) is 5.10 Å². The van der Waals surface area contributed by atoms with Gasteiger partial charge in [-0.2, -0.15) is 0 Å². The summed E-state index contributed by atoms with van der Waals surface area (Å²) >= 11 is 11.9. The molecule has 0 aliphatic heterocycles. The van der Waals surface area contributed by atoms with Crippen LogP contribution in [0.25, 0.3) is 0 Å². The molecule has 138 valence electrons. The highest BCUT2D eigenvalue weighted by Crippen LogP contribution is 2.23. The summed E-state index contributed by atoms with van der Waals surface area (Å²) in [6.45, 7) is -0.113. The number of para-hydroxylation sites is 1. The van der Waals surface area contributed by atoms with E-state index >= 15 is 0 Å². The van der Waals surface area contributed by atoms with Gasteiger partial charge in [0.25, 0.3) is 0 Å². The van der Waals surface area contributed by atoms with E-state index in [1.807, 2.05) is 0 Å². The lowest BCUT2D eigenvalue weighted by atomic mass is 10.1. The number of halogens is 2. The lowest BCUT2D eigenvalue weighted by Crippen LogP contribution is -2.21. The Morgan fingerprint density at radius 2 is 1.96 bits per heavy atom. The van der Waals surface area contributed by atoms with Gasteiger partial charge >= 0.3 is 5.97 Å². The SMILES string of the molecule is O=C(Cn1cnnn1)Nc1ccccc1C(=O)OCc1ccc(Cl)cc1Cl. The van der Waals surface area contributed by atoms with Crippen molar-refractivity contribution in [2.75, 3.05) is 5.32 Å². The number of aromatic nitrogens is 4. The first kappa shape index (κ1) is 18.8. The van der Waals surface area contributed by atoms with Crippen LogP contribution in [0.4, 0.5) is 5.69 Å². The maximum absolute atomic E-state index is 12.4. The summed E-state index contributed by atoms with van der Waals surface area (Å²) in [4.78, 5) is 24.5. The quantitative estimate of drug-likeness (QED) is 0.632. The number of carbonyl (C=O) groups is 2. The molecule has 0 aliphatic rings. The van der Waals surface area contributed by atoms with Crippen molar-refractivity contribution >= 4 is 40.8 Å². The molecule has 0 saturated carbocycles. The summed E-state index contributed by atoms with van der Waals surface area (Å²) in [6, 6.07) is 11.4. The number of hydrogen-bond donors (Lipinski definition) is 1. The Balaban J connectivity index is 1.67. The number of esters is 1. The van der Waals surface area contributed by atoms with Gasteiger partial charge in [-0.05, 0) is 34.7 Å². The van der Waals surface area contributed by atoms with E-state index in [4.69, 9.17) is 27.9 Å². The zero-order valence-corrected chi connectivity index (χ0v) is 15.3. The Morgan fingerprint density at radius 1 is 1.15 bits per heavy atom. The number of carbonyl (C=O) groups excluding carboxylic acids is 2. The Labute approximate surface area is 164 Å². The Hall–Kier alpha value is -2.97. The standard InChI is InChI=1S/C17H13Cl2N5O3/c18-12-6-5-11(14(19)7-12)9-27-17(26)13-3-1-2-4-15(13)21-16(25)8-24-10-20-22-23-24/h1-7,10H,8-9H2,(H,21,25). The van der Waals surface area contributed by atoms with Crippen molar-refractivity contribution in [2.45, 2.75) is 13.2 Å². The van der Waals surface area contributed by atoms with E-state index < -0.39 is 5.97 Å². The molecule has 0 radical (unpaired) electrons. The molecule has 8 nitrogen and oxygen atoms in total. The lowest BCUT2D eigenvalue weighted by molar-refractivity contribution is -0.116. The third-order valence-corrected chi connectivity index (χ3v) is 4.08. The second-order valence-corrected chi connectivity index (χ2v) is 6.26. The number of nitrogens with one attached hydrogen (secondary N) is 1. The third-order valence-electron chi connectivity index (χ3n) is 3.49. The Morgan fingerprint density at radius 3 is 2.70 bits per heavy atom. The van der Waals surface area contributed by atoms with Gasteiger partial charge in [0.2, 0.25) is 5.91 Å². The van der Waals surface area contributed by atoms with Crippen LogP contribution in [0.5, 0.6) is 0 Å². The number of benzene rings is 2. The molecule has 2 aromatic carbocycles. The van der Waals surface area contributed by atoms with E-state index in [1.165, 1.54) is 11.0 Å². The van der Waals surface area contributed by atoms with E-state index in [9.17, 15) is 9.59 Å². The van der Waals surface area contributed by atoms with E-state index in [1.54, 1.807) is 42.5 Å². The predicted molar refractivity (Wildman–Crippen MR) is 98.5 cm³/mol. The van der Waals surface area contributed by atoms with Gasteiger partial charge in [0.15, 0.2) is 0 Å². The normalized spacial score (nSPS) is 10.4. The van der Waals surface area contributed by atoms with Crippen molar-refractivity contribution in [3.8, 4) is 0 Å². The fraction of sp³-hybridized carbons (Fsp3) is 0.118. The van der Waals surface area contributed by atoms with Gasteiger partial charge in [0.05, 0.1) is 11.3 Å². The highest BCUT2D eigenvalue weighted by molar-refractivity contribution is 6.35. The number of tetrazole rings is 1. The van der Waals surface area contributed by atoms with Crippen LogP contribution in [0.15, 0.2) is 48.8 Å². The highest BCUT2D eigenvalue weighted by atomic mass is 35.5. The summed E-state index contributed by atoms with van der Waals surface area (Å²) in [5.74, 6) is -0.984. The molecular weight excluding hydrogens is 393 g/mol. The number of ether oxygens (including phenoxy) is 1. The molecule has 1 aromatic heterocycles. The molecule has 3 aromatic rings. The van der Waals surface area contributed by atoms with Crippen molar-refractivity contribution < 1.29 is 14.3 Å². The van der Waals surface area contributed by atoms with Gasteiger partial charge in [0.1, 0.15) is 19.5 Å². The molecular formula is C17H13Cl2N5O3. The number of rotatable bonds is 6. The molecule has 0 unspecified atom stereocenters. The number of nitrogens with zero attached hydrogens (tertiary/aromatic N) is 4. The smallest absolute Gasteiger partial charge is 0.340 e. The van der Waals surface area contributed by atoms with Gasteiger partial charge in [-0.1, -0.05) is 41.4 Å². The molecule has 0 bridgehead atoms. The molecule has 27 heavy (non-hydrogen) atoms. The second kappa shape index (κ2) is 8.61. The molecule has 0 aliphatic carbocycles. The monoisotopic (exact) mass is 405 g/mol. The summed E-state index contributed by atoms with van der Waals surface area (Å²) in [5, 5.41) is 14.1. The van der Waals surface area contributed by atoms with Gasteiger partial charge in [-0.25, -0.2) is 9.48 Å². The summed E-state index contributed by atoms with van der Waals surface area (Å²) in [7, 11) is 0. The van der Waals surface area contributed by atoms with Crippen LogP contribution in [0, 0.1) is 0 Å². The van der Waals surface area contributed by atoms with Crippen molar-refractivity contribution in [1.82, 2.24) is 20.2 Å². The first-order valence-corrected chi connectivity index (χ1v) is 8.49. The molecule has 1 heterocycles.